The maximum atomic E-state index is 12.8. The second kappa shape index (κ2) is 9.63. The Balaban J connectivity index is 1.65. The van der Waals surface area contributed by atoms with Crippen LogP contribution in [0.3, 0.4) is 0 Å². The first-order valence-corrected chi connectivity index (χ1v) is 11.6. The fourth-order valence-electron chi connectivity index (χ4n) is 3.32. The van der Waals surface area contributed by atoms with Crippen molar-refractivity contribution in [2.24, 2.45) is 0 Å². The molecule has 2 aromatic rings. The summed E-state index contributed by atoms with van der Waals surface area (Å²) in [5, 5.41) is 3.07. The van der Waals surface area contributed by atoms with Crippen molar-refractivity contribution < 1.29 is 18.0 Å². The number of aromatic nitrogens is 1. The first kappa shape index (κ1) is 22.3. The average Bonchev–Trinajstić information content (AvgIpc) is 3.04. The lowest BCUT2D eigenvalue weighted by Gasteiger charge is -2.19. The van der Waals surface area contributed by atoms with Gasteiger partial charge in [0.2, 0.25) is 15.9 Å². The van der Waals surface area contributed by atoms with Crippen molar-refractivity contribution in [2.75, 3.05) is 32.0 Å². The third kappa shape index (κ3) is 5.41. The van der Waals surface area contributed by atoms with E-state index in [9.17, 15) is 18.0 Å². The van der Waals surface area contributed by atoms with E-state index in [2.05, 4.69) is 10.3 Å². The molecular formula is C20H25ClN4O4S. The molecule has 10 heteroatoms. The molecule has 1 aromatic heterocycles. The highest BCUT2D eigenvalue weighted by Gasteiger charge is 2.26. The van der Waals surface area contributed by atoms with Gasteiger partial charge in [-0.25, -0.2) is 8.42 Å². The number of sulfonamides is 1. The number of likely N-dealkylation sites (tertiary alicyclic amines) is 1. The first-order chi connectivity index (χ1) is 14.3. The summed E-state index contributed by atoms with van der Waals surface area (Å²) in [6.07, 6.45) is 5.36. The Morgan fingerprint density at radius 2 is 1.87 bits per heavy atom. The number of benzene rings is 1. The number of likely N-dealkylation sites (N-methyl/N-ethyl adjacent to an activating group) is 1. The van der Waals surface area contributed by atoms with E-state index in [-0.39, 0.29) is 23.0 Å². The number of hydrogen-bond donors (Lipinski definition) is 2. The van der Waals surface area contributed by atoms with E-state index in [4.69, 9.17) is 11.6 Å². The van der Waals surface area contributed by atoms with Crippen LogP contribution in [0.25, 0.3) is 0 Å². The lowest BCUT2D eigenvalue weighted by atomic mass is 10.2. The van der Waals surface area contributed by atoms with Gasteiger partial charge in [0.15, 0.2) is 0 Å². The number of rotatable bonds is 6. The lowest BCUT2D eigenvalue weighted by molar-refractivity contribution is -0.116. The highest BCUT2D eigenvalue weighted by Crippen LogP contribution is 2.19. The smallest absolute Gasteiger partial charge is 0.270 e. The largest absolute Gasteiger partial charge is 0.356 e. The average molecular weight is 453 g/mol. The zero-order valence-electron chi connectivity index (χ0n) is 16.7. The number of aromatic amines is 1. The molecular weight excluding hydrogens is 428 g/mol. The highest BCUT2D eigenvalue weighted by molar-refractivity contribution is 7.89. The fraction of sp³-hybridized carbons (Fsp3) is 0.400. The van der Waals surface area contributed by atoms with Gasteiger partial charge in [-0.05, 0) is 37.1 Å². The molecule has 0 atom stereocenters. The molecule has 8 nitrogen and oxygen atoms in total. The summed E-state index contributed by atoms with van der Waals surface area (Å²) in [5.74, 6) is -0.709. The summed E-state index contributed by atoms with van der Waals surface area (Å²) >= 11 is 5.89. The van der Waals surface area contributed by atoms with Crippen molar-refractivity contribution in [3.05, 3.63) is 47.2 Å². The van der Waals surface area contributed by atoms with E-state index in [1.165, 1.54) is 19.3 Å². The molecule has 1 aromatic carbocycles. The number of carbonyl (C=O) groups excluding carboxylic acids is 2. The van der Waals surface area contributed by atoms with Crippen LogP contribution < -0.4 is 5.32 Å². The van der Waals surface area contributed by atoms with Gasteiger partial charge in [-0.2, -0.15) is 4.31 Å². The SMILES string of the molecule is CN(CC(=O)Nc1cccc(Cl)c1)S(=O)(=O)c1c[nH]c(C(=O)N2CCCCCC2)c1. The minimum atomic E-state index is -3.94. The maximum absolute atomic E-state index is 12.8. The van der Waals surface area contributed by atoms with Crippen LogP contribution >= 0.6 is 11.6 Å². The van der Waals surface area contributed by atoms with E-state index >= 15 is 0 Å². The van der Waals surface area contributed by atoms with Crippen molar-refractivity contribution in [1.29, 1.82) is 0 Å². The van der Waals surface area contributed by atoms with Crippen molar-refractivity contribution >= 4 is 39.1 Å². The third-order valence-electron chi connectivity index (χ3n) is 4.96. The number of halogens is 1. The molecule has 0 aliphatic carbocycles. The minimum absolute atomic E-state index is 0.0567. The molecule has 162 valence electrons. The summed E-state index contributed by atoms with van der Waals surface area (Å²) in [5.41, 5.74) is 0.706. The second-order valence-corrected chi connectivity index (χ2v) is 9.76. The number of carbonyl (C=O) groups is 2. The van der Waals surface area contributed by atoms with Crippen LogP contribution in [0.1, 0.15) is 36.2 Å². The number of nitrogens with one attached hydrogen (secondary N) is 2. The van der Waals surface area contributed by atoms with Crippen LogP contribution in [-0.2, 0) is 14.8 Å². The summed E-state index contributed by atoms with van der Waals surface area (Å²) < 4.78 is 26.6. The quantitative estimate of drug-likeness (QED) is 0.703. The molecule has 1 fully saturated rings. The summed E-state index contributed by atoms with van der Waals surface area (Å²) in [6, 6.07) is 7.91. The Bertz CT molecular complexity index is 1010. The molecule has 0 bridgehead atoms. The number of anilines is 1. The van der Waals surface area contributed by atoms with Gasteiger partial charge in [0.05, 0.1) is 6.54 Å². The summed E-state index contributed by atoms with van der Waals surface area (Å²) in [7, 11) is -2.63. The second-order valence-electron chi connectivity index (χ2n) is 7.28. The van der Waals surface area contributed by atoms with Gasteiger partial charge in [-0.3, -0.25) is 9.59 Å². The van der Waals surface area contributed by atoms with E-state index in [1.54, 1.807) is 29.2 Å². The first-order valence-electron chi connectivity index (χ1n) is 9.77. The topological polar surface area (TPSA) is 103 Å². The van der Waals surface area contributed by atoms with Crippen molar-refractivity contribution in [3.8, 4) is 0 Å². The molecule has 0 spiro atoms. The molecule has 2 amide bonds. The van der Waals surface area contributed by atoms with E-state index < -0.39 is 15.9 Å². The standard InChI is InChI=1S/C20H25ClN4O4S/c1-24(14-19(26)23-16-8-6-7-15(21)11-16)30(28,29)17-12-18(22-13-17)20(27)25-9-4-2-3-5-10-25/h6-8,11-13,22H,2-5,9-10,14H2,1H3,(H,23,26). The van der Waals surface area contributed by atoms with Crippen LogP contribution in [0, 0.1) is 0 Å². The molecule has 2 N–H and O–H groups in total. The molecule has 30 heavy (non-hydrogen) atoms. The predicted octanol–water partition coefficient (Wildman–Crippen LogP) is 2.94. The minimum Gasteiger partial charge on any atom is -0.356 e. The Kier molecular flexibility index (Phi) is 7.17. The Hall–Kier alpha value is -2.36. The number of hydrogen-bond acceptors (Lipinski definition) is 4. The highest BCUT2D eigenvalue weighted by atomic mass is 35.5. The van der Waals surface area contributed by atoms with Gasteiger partial charge < -0.3 is 15.2 Å². The molecule has 1 aliphatic rings. The van der Waals surface area contributed by atoms with Crippen LogP contribution in [0.4, 0.5) is 5.69 Å². The Morgan fingerprint density at radius 1 is 1.17 bits per heavy atom. The van der Waals surface area contributed by atoms with E-state index in [0.29, 0.717) is 23.8 Å². The molecule has 3 rings (SSSR count). The molecule has 0 unspecified atom stereocenters. The number of amides is 2. The lowest BCUT2D eigenvalue weighted by Crippen LogP contribution is -2.35. The summed E-state index contributed by atoms with van der Waals surface area (Å²) in [4.78, 5) is 29.4. The molecule has 0 saturated carbocycles. The van der Waals surface area contributed by atoms with Gasteiger partial charge in [-0.1, -0.05) is 30.5 Å². The zero-order chi connectivity index (χ0) is 21.7. The van der Waals surface area contributed by atoms with E-state index in [1.807, 2.05) is 0 Å². The maximum Gasteiger partial charge on any atom is 0.270 e. The van der Waals surface area contributed by atoms with Gasteiger partial charge in [-0.15, -0.1) is 0 Å². The predicted molar refractivity (Wildman–Crippen MR) is 115 cm³/mol. The number of nitrogens with zero attached hydrogens (tertiary/aromatic N) is 2. The Morgan fingerprint density at radius 3 is 2.53 bits per heavy atom. The molecule has 1 aliphatic heterocycles. The van der Waals surface area contributed by atoms with Crippen molar-refractivity contribution in [3.63, 3.8) is 0 Å². The third-order valence-corrected chi connectivity index (χ3v) is 6.98. The molecule has 1 saturated heterocycles. The monoisotopic (exact) mass is 452 g/mol. The van der Waals surface area contributed by atoms with Crippen LogP contribution in [-0.4, -0.2) is 61.1 Å². The molecule has 0 radical (unpaired) electrons. The normalized spacial score (nSPS) is 15.1. The zero-order valence-corrected chi connectivity index (χ0v) is 18.3. The summed E-state index contributed by atoms with van der Waals surface area (Å²) in [6.45, 7) is 0.961. The van der Waals surface area contributed by atoms with Gasteiger partial charge in [0.25, 0.3) is 5.91 Å². The van der Waals surface area contributed by atoms with Gasteiger partial charge in [0.1, 0.15) is 10.6 Å². The molecule has 2 heterocycles. The Labute approximate surface area is 181 Å². The number of H-pyrrole nitrogens is 1. The van der Waals surface area contributed by atoms with Gasteiger partial charge >= 0.3 is 0 Å². The van der Waals surface area contributed by atoms with E-state index in [0.717, 1.165) is 30.0 Å². The van der Waals surface area contributed by atoms with Crippen molar-refractivity contribution in [2.45, 2.75) is 30.6 Å². The van der Waals surface area contributed by atoms with Crippen LogP contribution in [0.5, 0.6) is 0 Å². The van der Waals surface area contributed by atoms with Gasteiger partial charge in [0, 0.05) is 37.0 Å². The van der Waals surface area contributed by atoms with Crippen LogP contribution in [0.2, 0.25) is 5.02 Å². The van der Waals surface area contributed by atoms with Crippen molar-refractivity contribution in [1.82, 2.24) is 14.2 Å². The van der Waals surface area contributed by atoms with Crippen LogP contribution in [0.15, 0.2) is 41.4 Å². The fourth-order valence-corrected chi connectivity index (χ4v) is 4.64.